The average molecular weight is 384 g/mol. The Morgan fingerprint density at radius 3 is 2.64 bits per heavy atom. The summed E-state index contributed by atoms with van der Waals surface area (Å²) in [6.07, 6.45) is 9.53. The lowest BCUT2D eigenvalue weighted by molar-refractivity contribution is -0.162. The maximum Gasteiger partial charge on any atom is 0.307 e. The van der Waals surface area contributed by atoms with Crippen LogP contribution in [-0.2, 0) is 19.1 Å². The van der Waals surface area contributed by atoms with Gasteiger partial charge >= 0.3 is 11.9 Å². The largest absolute Gasteiger partial charge is 0.481 e. The van der Waals surface area contributed by atoms with E-state index in [1.165, 1.54) is 5.57 Å². The van der Waals surface area contributed by atoms with Crippen LogP contribution in [0.2, 0.25) is 0 Å². The minimum absolute atomic E-state index is 0.0368. The molecule has 1 N–H and O–H groups in total. The van der Waals surface area contributed by atoms with Gasteiger partial charge in [-0.05, 0) is 56.4 Å². The van der Waals surface area contributed by atoms with Crippen molar-refractivity contribution in [2.75, 3.05) is 0 Å². The third-order valence-electron chi connectivity index (χ3n) is 9.04. The maximum atomic E-state index is 12.3. The van der Waals surface area contributed by atoms with E-state index >= 15 is 0 Å². The number of carboxylic acid groups (broad SMARTS) is 1. The highest BCUT2D eigenvalue weighted by Crippen LogP contribution is 2.68. The Kier molecular flexibility index (Phi) is 3.61. The molecule has 1 unspecified atom stereocenters. The topological polar surface area (TPSA) is 80.7 Å². The summed E-state index contributed by atoms with van der Waals surface area (Å²) in [6, 6.07) is 0. The number of ether oxygens (including phenoxy) is 1. The van der Waals surface area contributed by atoms with Crippen molar-refractivity contribution in [1.82, 2.24) is 0 Å². The van der Waals surface area contributed by atoms with Gasteiger partial charge in [0.1, 0.15) is 5.60 Å². The number of rotatable bonds is 1. The van der Waals surface area contributed by atoms with Crippen molar-refractivity contribution in [2.45, 2.75) is 70.8 Å². The van der Waals surface area contributed by atoms with Gasteiger partial charge < -0.3 is 9.84 Å². The Morgan fingerprint density at radius 1 is 1.18 bits per heavy atom. The predicted octanol–water partition coefficient (Wildman–Crippen LogP) is 3.82. The number of esters is 1. The zero-order chi connectivity index (χ0) is 19.9. The lowest BCUT2D eigenvalue weighted by atomic mass is 9.48. The quantitative estimate of drug-likeness (QED) is 0.549. The molecular weight excluding hydrogens is 356 g/mol. The second-order valence-electron chi connectivity index (χ2n) is 10.0. The van der Waals surface area contributed by atoms with E-state index in [4.69, 9.17) is 4.74 Å². The summed E-state index contributed by atoms with van der Waals surface area (Å²) in [6.45, 7) is 4.42. The molecule has 28 heavy (non-hydrogen) atoms. The SMILES string of the molecule is C[C@]12CCC(=O)C=C1C[C@@H](C(=O)O)C1C2=CC[C@@]2(C)[C@H]1CC[C@@]21CCC(=O)O1. The first-order valence-corrected chi connectivity index (χ1v) is 10.6. The molecule has 1 heterocycles. The Morgan fingerprint density at radius 2 is 1.96 bits per heavy atom. The van der Waals surface area contributed by atoms with Crippen LogP contribution in [0, 0.1) is 28.6 Å². The number of aliphatic carboxylic acids is 1. The maximum absolute atomic E-state index is 12.3. The first kappa shape index (κ1) is 18.1. The molecule has 5 heteroatoms. The van der Waals surface area contributed by atoms with E-state index in [0.29, 0.717) is 19.3 Å². The first-order chi connectivity index (χ1) is 13.2. The van der Waals surface area contributed by atoms with Crippen LogP contribution in [0.15, 0.2) is 23.3 Å². The molecular formula is C23H28O5. The van der Waals surface area contributed by atoms with Gasteiger partial charge in [-0.1, -0.05) is 31.1 Å². The third-order valence-corrected chi connectivity index (χ3v) is 9.04. The van der Waals surface area contributed by atoms with Gasteiger partial charge in [0, 0.05) is 23.7 Å². The van der Waals surface area contributed by atoms with Crippen molar-refractivity contribution in [2.24, 2.45) is 28.6 Å². The molecule has 5 rings (SSSR count). The molecule has 5 nitrogen and oxygen atoms in total. The van der Waals surface area contributed by atoms with Crippen molar-refractivity contribution in [1.29, 1.82) is 0 Å². The number of carboxylic acids is 1. The molecule has 1 saturated heterocycles. The summed E-state index contributed by atoms with van der Waals surface area (Å²) in [7, 11) is 0. The molecule has 6 atom stereocenters. The molecule has 0 amide bonds. The molecule has 1 spiro atoms. The number of carbonyl (C=O) groups excluding carboxylic acids is 2. The van der Waals surface area contributed by atoms with Crippen LogP contribution in [0.1, 0.15) is 65.2 Å². The molecule has 5 aliphatic rings. The highest BCUT2D eigenvalue weighted by molar-refractivity contribution is 5.92. The monoisotopic (exact) mass is 384 g/mol. The molecule has 1 aliphatic heterocycles. The smallest absolute Gasteiger partial charge is 0.307 e. The second kappa shape index (κ2) is 5.58. The van der Waals surface area contributed by atoms with Gasteiger partial charge in [0.05, 0.1) is 5.92 Å². The number of ketones is 1. The Hall–Kier alpha value is -1.91. The molecule has 0 radical (unpaired) electrons. The average Bonchev–Trinajstić information content (AvgIpc) is 3.16. The minimum atomic E-state index is -0.773. The van der Waals surface area contributed by atoms with Crippen LogP contribution in [-0.4, -0.2) is 28.4 Å². The normalized spacial score (nSPS) is 47.0. The van der Waals surface area contributed by atoms with Crippen molar-refractivity contribution >= 4 is 17.7 Å². The fourth-order valence-electron chi connectivity index (χ4n) is 7.39. The molecule has 150 valence electrons. The van der Waals surface area contributed by atoms with Crippen molar-refractivity contribution < 1.29 is 24.2 Å². The molecule has 0 aromatic heterocycles. The molecule has 3 fully saturated rings. The van der Waals surface area contributed by atoms with Gasteiger partial charge in [0.2, 0.25) is 0 Å². The van der Waals surface area contributed by atoms with E-state index in [2.05, 4.69) is 19.9 Å². The van der Waals surface area contributed by atoms with Gasteiger partial charge in [-0.25, -0.2) is 0 Å². The Bertz CT molecular complexity index is 853. The van der Waals surface area contributed by atoms with E-state index in [9.17, 15) is 19.5 Å². The fraction of sp³-hybridized carbons (Fsp3) is 0.696. The first-order valence-electron chi connectivity index (χ1n) is 10.6. The standard InChI is InChI=1S/C23H28O5/c1-21-7-3-14(24)11-13(21)12-15(20(26)27)19-16(21)4-8-22(2)17(19)5-9-23(22)10-6-18(25)28-23/h4,11,15,17,19H,3,5-10,12H2,1-2H3,(H,26,27)/t15-,17+,19?,21+,22+,23-/m1/s1. The molecule has 0 bridgehead atoms. The summed E-state index contributed by atoms with van der Waals surface area (Å²) in [5, 5.41) is 10.1. The lowest BCUT2D eigenvalue weighted by Gasteiger charge is -2.56. The zero-order valence-corrected chi connectivity index (χ0v) is 16.6. The van der Waals surface area contributed by atoms with E-state index < -0.39 is 17.5 Å². The van der Waals surface area contributed by atoms with E-state index in [0.717, 1.165) is 37.7 Å². The summed E-state index contributed by atoms with van der Waals surface area (Å²) in [5.41, 5.74) is 1.40. The van der Waals surface area contributed by atoms with E-state index in [-0.39, 0.29) is 34.4 Å². The number of hydrogen-bond donors (Lipinski definition) is 1. The van der Waals surface area contributed by atoms with Crippen LogP contribution < -0.4 is 0 Å². The highest BCUT2D eigenvalue weighted by Gasteiger charge is 2.67. The number of hydrogen-bond acceptors (Lipinski definition) is 4. The number of fused-ring (bicyclic) bond motifs is 6. The van der Waals surface area contributed by atoms with Crippen LogP contribution in [0.4, 0.5) is 0 Å². The minimum Gasteiger partial charge on any atom is -0.481 e. The summed E-state index contributed by atoms with van der Waals surface area (Å²) >= 11 is 0. The summed E-state index contributed by atoms with van der Waals surface area (Å²) < 4.78 is 5.93. The van der Waals surface area contributed by atoms with Gasteiger partial charge in [-0.2, -0.15) is 0 Å². The number of allylic oxidation sites excluding steroid dienone is 4. The van der Waals surface area contributed by atoms with Crippen molar-refractivity contribution in [3.05, 3.63) is 23.3 Å². The van der Waals surface area contributed by atoms with Crippen LogP contribution in [0.25, 0.3) is 0 Å². The Labute approximate surface area is 165 Å². The zero-order valence-electron chi connectivity index (χ0n) is 16.6. The summed E-state index contributed by atoms with van der Waals surface area (Å²) in [4.78, 5) is 36.3. The van der Waals surface area contributed by atoms with E-state index in [1.807, 2.05) is 0 Å². The lowest BCUT2D eigenvalue weighted by Crippen LogP contribution is -2.53. The predicted molar refractivity (Wildman–Crippen MR) is 101 cm³/mol. The Balaban J connectivity index is 1.63. The fourth-order valence-corrected chi connectivity index (χ4v) is 7.39. The van der Waals surface area contributed by atoms with Crippen LogP contribution in [0.3, 0.4) is 0 Å². The van der Waals surface area contributed by atoms with Gasteiger partial charge in [-0.3, -0.25) is 14.4 Å². The van der Waals surface area contributed by atoms with Crippen LogP contribution in [0.5, 0.6) is 0 Å². The molecule has 0 aromatic carbocycles. The third kappa shape index (κ3) is 2.11. The van der Waals surface area contributed by atoms with E-state index in [1.54, 1.807) is 6.08 Å². The molecule has 0 aromatic rings. The highest BCUT2D eigenvalue weighted by atomic mass is 16.6. The molecule has 4 aliphatic carbocycles. The number of carbonyl (C=O) groups is 3. The van der Waals surface area contributed by atoms with Gasteiger partial charge in [0.25, 0.3) is 0 Å². The van der Waals surface area contributed by atoms with Gasteiger partial charge in [0.15, 0.2) is 5.78 Å². The van der Waals surface area contributed by atoms with Crippen molar-refractivity contribution in [3.63, 3.8) is 0 Å². The second-order valence-corrected chi connectivity index (χ2v) is 10.0. The summed E-state index contributed by atoms with van der Waals surface area (Å²) in [5.74, 6) is -1.10. The van der Waals surface area contributed by atoms with Crippen LogP contribution >= 0.6 is 0 Å². The molecule has 2 saturated carbocycles. The van der Waals surface area contributed by atoms with Crippen molar-refractivity contribution in [3.8, 4) is 0 Å². The van der Waals surface area contributed by atoms with Gasteiger partial charge in [-0.15, -0.1) is 0 Å².